The first-order chi connectivity index (χ1) is 9.66. The first-order valence-electron chi connectivity index (χ1n) is 6.48. The van der Waals surface area contributed by atoms with E-state index in [-0.39, 0.29) is 10.3 Å². The van der Waals surface area contributed by atoms with E-state index >= 15 is 0 Å². The van der Waals surface area contributed by atoms with E-state index in [9.17, 15) is 13.2 Å². The van der Waals surface area contributed by atoms with E-state index in [0.29, 0.717) is 0 Å². The van der Waals surface area contributed by atoms with Gasteiger partial charge in [0.2, 0.25) is 0 Å². The van der Waals surface area contributed by atoms with Crippen molar-refractivity contribution in [2.24, 2.45) is 5.41 Å². The van der Waals surface area contributed by atoms with Crippen molar-refractivity contribution in [1.29, 1.82) is 0 Å². The minimum absolute atomic E-state index is 0.130. The van der Waals surface area contributed by atoms with Gasteiger partial charge in [0.05, 0.1) is 4.90 Å². The van der Waals surface area contributed by atoms with Crippen molar-refractivity contribution in [3.63, 3.8) is 0 Å². The van der Waals surface area contributed by atoms with Crippen molar-refractivity contribution in [3.8, 4) is 0 Å². The molecule has 0 N–H and O–H groups in total. The van der Waals surface area contributed by atoms with Crippen molar-refractivity contribution in [2.75, 3.05) is 0 Å². The largest absolute Gasteiger partial charge is 0.454 e. The smallest absolute Gasteiger partial charge is 0.332 e. The minimum atomic E-state index is -3.64. The third kappa shape index (κ3) is 5.19. The molecule has 0 bridgehead atoms. The molecule has 0 aliphatic carbocycles. The summed E-state index contributed by atoms with van der Waals surface area (Å²) in [6, 6.07) is 7.88. The van der Waals surface area contributed by atoms with Crippen LogP contribution in [-0.4, -0.2) is 20.5 Å². The second kappa shape index (κ2) is 6.72. The lowest BCUT2D eigenvalue weighted by atomic mass is 9.89. The monoisotopic (exact) mass is 308 g/mol. The Balaban J connectivity index is 2.81. The van der Waals surface area contributed by atoms with Gasteiger partial charge in [-0.2, -0.15) is 0 Å². The summed E-state index contributed by atoms with van der Waals surface area (Å²) in [5, 5.41) is 0.855. The van der Waals surface area contributed by atoms with E-state index < -0.39 is 21.9 Å². The third-order valence-electron chi connectivity index (χ3n) is 2.77. The van der Waals surface area contributed by atoms with Crippen molar-refractivity contribution in [1.82, 2.24) is 0 Å². The summed E-state index contributed by atoms with van der Waals surface area (Å²) < 4.78 is 29.1. The highest BCUT2D eigenvalue weighted by Gasteiger charge is 2.25. The number of rotatable bonds is 5. The molecule has 5 heteroatoms. The standard InChI is InChI=1S/C16H20O4S/c1-5-14(16(2,3)4)20-15(17)11-12-21(18,19)13-9-7-6-8-10-13/h5-12,14H,1H2,2-4H3/b12-11+. The van der Waals surface area contributed by atoms with Crippen LogP contribution in [-0.2, 0) is 19.4 Å². The van der Waals surface area contributed by atoms with Crippen molar-refractivity contribution in [2.45, 2.75) is 31.8 Å². The molecule has 0 spiro atoms. The number of esters is 1. The maximum absolute atomic E-state index is 12.0. The fourth-order valence-corrected chi connectivity index (χ4v) is 2.56. The number of hydrogen-bond donors (Lipinski definition) is 0. The van der Waals surface area contributed by atoms with Crippen LogP contribution in [0.15, 0.2) is 59.4 Å². The van der Waals surface area contributed by atoms with Crippen molar-refractivity contribution >= 4 is 15.8 Å². The summed E-state index contributed by atoms with van der Waals surface area (Å²) in [4.78, 5) is 11.8. The molecule has 0 amide bonds. The normalized spacial score (nSPS) is 13.9. The van der Waals surface area contributed by atoms with E-state index in [4.69, 9.17) is 4.74 Å². The molecule has 114 valence electrons. The predicted octanol–water partition coefficient (Wildman–Crippen LogP) is 3.12. The van der Waals surface area contributed by atoms with Gasteiger partial charge in [0, 0.05) is 16.9 Å². The molecule has 0 aliphatic rings. The van der Waals surface area contributed by atoms with E-state index in [2.05, 4.69) is 6.58 Å². The van der Waals surface area contributed by atoms with Crippen molar-refractivity contribution < 1.29 is 17.9 Å². The van der Waals surface area contributed by atoms with E-state index in [1.165, 1.54) is 18.2 Å². The summed E-state index contributed by atoms with van der Waals surface area (Å²) in [6.45, 7) is 9.32. The summed E-state index contributed by atoms with van der Waals surface area (Å²) in [5.74, 6) is -0.714. The summed E-state index contributed by atoms with van der Waals surface area (Å²) in [7, 11) is -3.64. The van der Waals surface area contributed by atoms with Crippen LogP contribution in [0.5, 0.6) is 0 Å². The number of ether oxygens (including phenoxy) is 1. The van der Waals surface area contributed by atoms with Gasteiger partial charge in [-0.25, -0.2) is 13.2 Å². The molecule has 0 saturated heterocycles. The number of sulfone groups is 1. The molecular formula is C16H20O4S. The van der Waals surface area contributed by atoms with E-state index in [1.54, 1.807) is 18.2 Å². The molecule has 0 saturated carbocycles. The average Bonchev–Trinajstić information content (AvgIpc) is 2.42. The Labute approximate surface area is 126 Å². The highest BCUT2D eigenvalue weighted by molar-refractivity contribution is 7.94. The van der Waals surface area contributed by atoms with Gasteiger partial charge in [-0.05, 0) is 12.1 Å². The molecule has 1 aromatic rings. The molecule has 0 heterocycles. The van der Waals surface area contributed by atoms with Crippen LogP contribution >= 0.6 is 0 Å². The quantitative estimate of drug-likeness (QED) is 0.476. The van der Waals surface area contributed by atoms with Gasteiger partial charge in [0.25, 0.3) is 0 Å². The Hall–Kier alpha value is -1.88. The predicted molar refractivity (Wildman–Crippen MR) is 82.3 cm³/mol. The lowest BCUT2D eigenvalue weighted by Crippen LogP contribution is -2.29. The lowest BCUT2D eigenvalue weighted by Gasteiger charge is -2.26. The van der Waals surface area contributed by atoms with Gasteiger partial charge < -0.3 is 4.74 Å². The van der Waals surface area contributed by atoms with Crippen LogP contribution in [0.25, 0.3) is 0 Å². The van der Waals surface area contributed by atoms with Gasteiger partial charge in [0.15, 0.2) is 9.84 Å². The molecule has 0 fully saturated rings. The fraction of sp³-hybridized carbons (Fsp3) is 0.312. The number of hydrogen-bond acceptors (Lipinski definition) is 4. The molecule has 0 aliphatic heterocycles. The minimum Gasteiger partial charge on any atom is -0.454 e. The van der Waals surface area contributed by atoms with E-state index in [1.807, 2.05) is 20.8 Å². The lowest BCUT2D eigenvalue weighted by molar-refractivity contribution is -0.145. The first kappa shape index (κ1) is 17.2. The van der Waals surface area contributed by atoms with Crippen LogP contribution in [0, 0.1) is 5.41 Å². The van der Waals surface area contributed by atoms with Gasteiger partial charge >= 0.3 is 5.97 Å². The van der Waals surface area contributed by atoms with Crippen LogP contribution in [0.3, 0.4) is 0 Å². The summed E-state index contributed by atoms with van der Waals surface area (Å²) >= 11 is 0. The molecule has 1 rings (SSSR count). The summed E-state index contributed by atoms with van der Waals surface area (Å²) in [6.07, 6.45) is 1.95. The van der Waals surface area contributed by atoms with Gasteiger partial charge in [-0.15, -0.1) is 0 Å². The Bertz CT molecular complexity index is 622. The zero-order valence-corrected chi connectivity index (χ0v) is 13.3. The molecule has 21 heavy (non-hydrogen) atoms. The average molecular weight is 308 g/mol. The molecule has 1 atom stereocenters. The van der Waals surface area contributed by atoms with E-state index in [0.717, 1.165) is 11.5 Å². The third-order valence-corrected chi connectivity index (χ3v) is 4.19. The highest BCUT2D eigenvalue weighted by Crippen LogP contribution is 2.23. The second-order valence-corrected chi connectivity index (χ2v) is 7.45. The maximum atomic E-state index is 12.0. The van der Waals surface area contributed by atoms with Crippen LogP contribution in [0.2, 0.25) is 0 Å². The number of carbonyl (C=O) groups excluding carboxylic acids is 1. The fourth-order valence-electron chi connectivity index (χ4n) is 1.58. The molecule has 4 nitrogen and oxygen atoms in total. The zero-order valence-electron chi connectivity index (χ0n) is 12.4. The highest BCUT2D eigenvalue weighted by atomic mass is 32.2. The Morgan fingerprint density at radius 3 is 2.29 bits per heavy atom. The van der Waals surface area contributed by atoms with Crippen LogP contribution in [0.4, 0.5) is 0 Å². The molecule has 0 radical (unpaired) electrons. The van der Waals surface area contributed by atoms with Gasteiger partial charge in [-0.1, -0.05) is 51.6 Å². The summed E-state index contributed by atoms with van der Waals surface area (Å²) in [5.41, 5.74) is -0.302. The van der Waals surface area contributed by atoms with Crippen molar-refractivity contribution in [3.05, 3.63) is 54.5 Å². The molecular weight excluding hydrogens is 288 g/mol. The Morgan fingerprint density at radius 2 is 1.81 bits per heavy atom. The van der Waals surface area contributed by atoms with Crippen LogP contribution in [0.1, 0.15) is 20.8 Å². The molecule has 1 aromatic carbocycles. The SMILES string of the molecule is C=CC(OC(=O)/C=C/S(=O)(=O)c1ccccc1)C(C)(C)C. The zero-order chi connectivity index (χ0) is 16.1. The second-order valence-electron chi connectivity index (χ2n) is 5.62. The topological polar surface area (TPSA) is 60.4 Å². The Kier molecular flexibility index (Phi) is 5.49. The number of benzene rings is 1. The maximum Gasteiger partial charge on any atom is 0.332 e. The molecule has 1 unspecified atom stereocenters. The van der Waals surface area contributed by atoms with Gasteiger partial charge in [-0.3, -0.25) is 0 Å². The van der Waals surface area contributed by atoms with Gasteiger partial charge in [0.1, 0.15) is 6.10 Å². The first-order valence-corrected chi connectivity index (χ1v) is 8.03. The number of carbonyl (C=O) groups is 1. The Morgan fingerprint density at radius 1 is 1.24 bits per heavy atom. The molecule has 0 aromatic heterocycles. The van der Waals surface area contributed by atoms with Crippen LogP contribution < -0.4 is 0 Å².